The third-order valence-electron chi connectivity index (χ3n) is 2.26. The molecule has 0 aliphatic heterocycles. The van der Waals surface area contributed by atoms with Gasteiger partial charge in [0.2, 0.25) is 5.91 Å². The second-order valence-corrected chi connectivity index (χ2v) is 4.13. The van der Waals surface area contributed by atoms with Crippen LogP contribution in [0.15, 0.2) is 18.2 Å². The Bertz CT molecular complexity index is 366. The van der Waals surface area contributed by atoms with Gasteiger partial charge in [-0.25, -0.2) is 0 Å². The van der Waals surface area contributed by atoms with Crippen LogP contribution in [-0.2, 0) is 11.2 Å². The number of carbonyl (C=O) groups is 1. The van der Waals surface area contributed by atoms with Crippen LogP contribution in [-0.4, -0.2) is 19.5 Å². The lowest BCUT2D eigenvalue weighted by atomic mass is 10.1. The topological polar surface area (TPSA) is 41.1 Å². The van der Waals surface area contributed by atoms with Gasteiger partial charge >= 0.3 is 0 Å². The number of rotatable bonds is 5. The lowest BCUT2D eigenvalue weighted by Gasteiger charge is -2.10. The van der Waals surface area contributed by atoms with Crippen molar-refractivity contribution < 1.29 is 4.79 Å². The number of aryl methyl sites for hydroxylation is 1. The molecule has 0 unspecified atom stereocenters. The number of halogens is 1. The molecule has 0 bridgehead atoms. The smallest absolute Gasteiger partial charge is 0.221 e. The summed E-state index contributed by atoms with van der Waals surface area (Å²) in [5.74, 6) is -0.0721. The normalized spacial score (nSPS) is 10.2. The van der Waals surface area contributed by atoms with Crippen molar-refractivity contribution in [2.24, 2.45) is 0 Å². The number of amides is 1. The molecule has 0 aliphatic rings. The van der Waals surface area contributed by atoms with Crippen molar-refractivity contribution in [3.8, 4) is 0 Å². The lowest BCUT2D eigenvalue weighted by molar-refractivity contribution is -0.114. The molecule has 0 spiro atoms. The van der Waals surface area contributed by atoms with Crippen LogP contribution in [0, 0.1) is 0 Å². The van der Waals surface area contributed by atoms with Gasteiger partial charge in [0.15, 0.2) is 0 Å². The van der Waals surface area contributed by atoms with Crippen LogP contribution < -0.4 is 10.6 Å². The molecular weight excluding hydrogens is 224 g/mol. The molecule has 0 aliphatic carbocycles. The average molecular weight is 241 g/mol. The zero-order chi connectivity index (χ0) is 12.0. The van der Waals surface area contributed by atoms with E-state index < -0.39 is 0 Å². The van der Waals surface area contributed by atoms with E-state index in [4.69, 9.17) is 11.6 Å². The summed E-state index contributed by atoms with van der Waals surface area (Å²) in [6.07, 6.45) is 1.96. The van der Waals surface area contributed by atoms with Crippen LogP contribution in [0.2, 0.25) is 5.02 Å². The molecule has 0 heterocycles. The maximum absolute atomic E-state index is 11.0. The number of hydrogen-bond acceptors (Lipinski definition) is 2. The molecule has 88 valence electrons. The van der Waals surface area contributed by atoms with Gasteiger partial charge in [0.1, 0.15) is 0 Å². The third kappa shape index (κ3) is 4.21. The zero-order valence-electron chi connectivity index (χ0n) is 9.64. The molecule has 0 radical (unpaired) electrons. The van der Waals surface area contributed by atoms with Gasteiger partial charge in [-0.1, -0.05) is 17.7 Å². The fraction of sp³-hybridized carbons (Fsp3) is 0.417. The van der Waals surface area contributed by atoms with E-state index in [1.165, 1.54) is 6.92 Å². The van der Waals surface area contributed by atoms with Gasteiger partial charge < -0.3 is 10.6 Å². The van der Waals surface area contributed by atoms with Crippen molar-refractivity contribution in [3.05, 3.63) is 28.8 Å². The number of anilines is 1. The monoisotopic (exact) mass is 240 g/mol. The summed E-state index contributed by atoms with van der Waals surface area (Å²) < 4.78 is 0. The van der Waals surface area contributed by atoms with E-state index in [1.54, 1.807) is 6.07 Å². The van der Waals surface area contributed by atoms with Crippen LogP contribution in [0.3, 0.4) is 0 Å². The Balaban J connectivity index is 2.76. The van der Waals surface area contributed by atoms with Crippen molar-refractivity contribution in [1.82, 2.24) is 5.32 Å². The molecule has 2 N–H and O–H groups in total. The first-order chi connectivity index (χ1) is 7.63. The Kier molecular flexibility index (Phi) is 5.29. The number of hydrogen-bond donors (Lipinski definition) is 2. The van der Waals surface area contributed by atoms with E-state index in [9.17, 15) is 4.79 Å². The van der Waals surface area contributed by atoms with Gasteiger partial charge in [0, 0.05) is 17.6 Å². The Morgan fingerprint density at radius 3 is 2.81 bits per heavy atom. The van der Waals surface area contributed by atoms with Crippen LogP contribution in [0.5, 0.6) is 0 Å². The van der Waals surface area contributed by atoms with Gasteiger partial charge in [-0.15, -0.1) is 0 Å². The van der Waals surface area contributed by atoms with Gasteiger partial charge in [0.25, 0.3) is 0 Å². The van der Waals surface area contributed by atoms with Crippen LogP contribution in [0.4, 0.5) is 5.69 Å². The van der Waals surface area contributed by atoms with E-state index in [0.29, 0.717) is 5.02 Å². The lowest BCUT2D eigenvalue weighted by Crippen LogP contribution is -2.11. The summed E-state index contributed by atoms with van der Waals surface area (Å²) >= 11 is 5.90. The molecule has 3 nitrogen and oxygen atoms in total. The van der Waals surface area contributed by atoms with E-state index in [2.05, 4.69) is 10.6 Å². The summed E-state index contributed by atoms with van der Waals surface area (Å²) in [7, 11) is 1.93. The molecule has 1 aromatic rings. The molecule has 0 aromatic heterocycles. The SMILES string of the molecule is CNCCCc1ccc(Cl)cc1NC(C)=O. The first-order valence-electron chi connectivity index (χ1n) is 5.34. The van der Waals surface area contributed by atoms with E-state index in [1.807, 2.05) is 19.2 Å². The Hall–Kier alpha value is -1.06. The maximum Gasteiger partial charge on any atom is 0.221 e. The molecule has 0 saturated heterocycles. The van der Waals surface area contributed by atoms with Crippen molar-refractivity contribution >= 4 is 23.2 Å². The minimum Gasteiger partial charge on any atom is -0.326 e. The van der Waals surface area contributed by atoms with Crippen LogP contribution in [0.1, 0.15) is 18.9 Å². The maximum atomic E-state index is 11.0. The minimum atomic E-state index is -0.0721. The van der Waals surface area contributed by atoms with Crippen molar-refractivity contribution in [1.29, 1.82) is 0 Å². The highest BCUT2D eigenvalue weighted by Gasteiger charge is 2.04. The second-order valence-electron chi connectivity index (χ2n) is 3.69. The highest BCUT2D eigenvalue weighted by molar-refractivity contribution is 6.31. The van der Waals surface area contributed by atoms with Gasteiger partial charge in [-0.2, -0.15) is 0 Å². The Morgan fingerprint density at radius 1 is 1.44 bits per heavy atom. The van der Waals surface area contributed by atoms with Crippen molar-refractivity contribution in [2.45, 2.75) is 19.8 Å². The molecule has 4 heteroatoms. The highest BCUT2D eigenvalue weighted by atomic mass is 35.5. The summed E-state index contributed by atoms with van der Waals surface area (Å²) in [6, 6.07) is 5.60. The average Bonchev–Trinajstić information content (AvgIpc) is 2.20. The summed E-state index contributed by atoms with van der Waals surface area (Å²) in [5, 5.41) is 6.53. The quantitative estimate of drug-likeness (QED) is 0.777. The van der Waals surface area contributed by atoms with Gasteiger partial charge in [0.05, 0.1) is 0 Å². The third-order valence-corrected chi connectivity index (χ3v) is 2.49. The molecule has 0 fully saturated rings. The first kappa shape index (κ1) is 13.0. The Labute approximate surface area is 101 Å². The summed E-state index contributed by atoms with van der Waals surface area (Å²) in [6.45, 7) is 2.46. The summed E-state index contributed by atoms with van der Waals surface area (Å²) in [5.41, 5.74) is 1.94. The standard InChI is InChI=1S/C12H17ClN2O/c1-9(16)15-12-8-11(13)6-5-10(12)4-3-7-14-2/h5-6,8,14H,3-4,7H2,1-2H3,(H,15,16). The van der Waals surface area contributed by atoms with E-state index in [-0.39, 0.29) is 5.91 Å². The largest absolute Gasteiger partial charge is 0.326 e. The molecule has 0 saturated carbocycles. The van der Waals surface area contributed by atoms with E-state index in [0.717, 1.165) is 30.6 Å². The van der Waals surface area contributed by atoms with Crippen LogP contribution in [0.25, 0.3) is 0 Å². The van der Waals surface area contributed by atoms with Gasteiger partial charge in [-0.05, 0) is 44.1 Å². The molecule has 1 aromatic carbocycles. The Morgan fingerprint density at radius 2 is 2.19 bits per heavy atom. The number of carbonyl (C=O) groups excluding carboxylic acids is 1. The minimum absolute atomic E-state index is 0.0721. The molecule has 1 rings (SSSR count). The predicted octanol–water partition coefficient (Wildman–Crippen LogP) is 2.45. The van der Waals surface area contributed by atoms with Crippen LogP contribution >= 0.6 is 11.6 Å². The number of nitrogens with one attached hydrogen (secondary N) is 2. The van der Waals surface area contributed by atoms with Crippen molar-refractivity contribution in [2.75, 3.05) is 18.9 Å². The van der Waals surface area contributed by atoms with Gasteiger partial charge in [-0.3, -0.25) is 4.79 Å². The fourth-order valence-electron chi connectivity index (χ4n) is 1.53. The molecular formula is C12H17ClN2O. The second kappa shape index (κ2) is 6.51. The highest BCUT2D eigenvalue weighted by Crippen LogP contribution is 2.22. The summed E-state index contributed by atoms with van der Waals surface area (Å²) in [4.78, 5) is 11.0. The molecule has 16 heavy (non-hydrogen) atoms. The molecule has 0 atom stereocenters. The fourth-order valence-corrected chi connectivity index (χ4v) is 1.70. The first-order valence-corrected chi connectivity index (χ1v) is 5.72. The van der Waals surface area contributed by atoms with E-state index >= 15 is 0 Å². The number of benzene rings is 1. The predicted molar refractivity (Wildman–Crippen MR) is 68.0 cm³/mol. The van der Waals surface area contributed by atoms with Crippen molar-refractivity contribution in [3.63, 3.8) is 0 Å². The zero-order valence-corrected chi connectivity index (χ0v) is 10.4. The molecule has 1 amide bonds.